The number of benzene rings is 1. The minimum Gasteiger partial charge on any atom is -0.355 e. The van der Waals surface area contributed by atoms with Crippen LogP contribution in [0.5, 0.6) is 0 Å². The molecular formula is C18H26N2O2S. The van der Waals surface area contributed by atoms with E-state index in [9.17, 15) is 9.59 Å². The minimum atomic E-state index is -0.0472. The molecule has 1 aromatic rings. The van der Waals surface area contributed by atoms with Gasteiger partial charge in [-0.25, -0.2) is 0 Å². The maximum Gasteiger partial charge on any atom is 0.224 e. The molecule has 1 saturated heterocycles. The van der Waals surface area contributed by atoms with Crippen LogP contribution in [0.3, 0.4) is 0 Å². The fraction of sp³-hybridized carbons (Fsp3) is 0.556. The number of carbonyl (C=O) groups excluding carboxylic acids is 2. The first-order valence-electron chi connectivity index (χ1n) is 8.29. The summed E-state index contributed by atoms with van der Waals surface area (Å²) in [4.78, 5) is 25.6. The molecule has 0 spiro atoms. The van der Waals surface area contributed by atoms with Gasteiger partial charge in [-0.15, -0.1) is 0 Å². The molecule has 0 bridgehead atoms. The zero-order valence-corrected chi connectivity index (χ0v) is 14.8. The highest BCUT2D eigenvalue weighted by Gasteiger charge is 2.28. The molecule has 1 N–H and O–H groups in total. The average molecular weight is 334 g/mol. The molecule has 2 rings (SSSR count). The molecule has 2 amide bonds. The Morgan fingerprint density at radius 2 is 2.17 bits per heavy atom. The first kappa shape index (κ1) is 17.9. The fourth-order valence-electron chi connectivity index (χ4n) is 2.78. The van der Waals surface area contributed by atoms with E-state index in [1.807, 2.05) is 18.7 Å². The summed E-state index contributed by atoms with van der Waals surface area (Å²) in [6.07, 6.45) is 1.17. The smallest absolute Gasteiger partial charge is 0.224 e. The van der Waals surface area contributed by atoms with Crippen molar-refractivity contribution in [3.8, 4) is 0 Å². The summed E-state index contributed by atoms with van der Waals surface area (Å²) in [6.45, 7) is 6.03. The summed E-state index contributed by atoms with van der Waals surface area (Å²) < 4.78 is 0. The lowest BCUT2D eigenvalue weighted by Gasteiger charge is -2.31. The van der Waals surface area contributed by atoms with E-state index < -0.39 is 0 Å². The van der Waals surface area contributed by atoms with Gasteiger partial charge in [0.1, 0.15) is 0 Å². The van der Waals surface area contributed by atoms with E-state index in [0.717, 1.165) is 11.5 Å². The molecule has 5 heteroatoms. The lowest BCUT2D eigenvalue weighted by Crippen LogP contribution is -2.45. The second-order valence-electron chi connectivity index (χ2n) is 5.94. The Hall–Kier alpha value is -1.49. The molecule has 4 nitrogen and oxygen atoms in total. The monoisotopic (exact) mass is 334 g/mol. The third kappa shape index (κ3) is 5.27. The topological polar surface area (TPSA) is 49.4 Å². The Morgan fingerprint density at radius 3 is 2.91 bits per heavy atom. The highest BCUT2D eigenvalue weighted by molar-refractivity contribution is 7.98. The summed E-state index contributed by atoms with van der Waals surface area (Å²) in [5.74, 6) is 2.10. The first-order valence-corrected chi connectivity index (χ1v) is 9.45. The van der Waals surface area contributed by atoms with E-state index in [0.29, 0.717) is 32.5 Å². The van der Waals surface area contributed by atoms with E-state index >= 15 is 0 Å². The third-order valence-corrected chi connectivity index (χ3v) is 5.33. The highest BCUT2D eigenvalue weighted by Crippen LogP contribution is 2.18. The van der Waals surface area contributed by atoms with Crippen molar-refractivity contribution >= 4 is 23.6 Å². The normalized spacial score (nSPS) is 18.1. The Bertz CT molecular complexity index is 548. The number of rotatable bonds is 7. The van der Waals surface area contributed by atoms with Crippen LogP contribution in [0.25, 0.3) is 0 Å². The second-order valence-corrected chi connectivity index (χ2v) is 7.04. The summed E-state index contributed by atoms with van der Waals surface area (Å²) in [7, 11) is 0. The van der Waals surface area contributed by atoms with E-state index in [2.05, 4.69) is 36.5 Å². The van der Waals surface area contributed by atoms with Crippen molar-refractivity contribution < 1.29 is 9.59 Å². The maximum atomic E-state index is 12.2. The number of nitrogens with zero attached hydrogens (tertiary/aromatic N) is 1. The molecule has 0 aliphatic carbocycles. The molecule has 1 aliphatic heterocycles. The molecule has 0 unspecified atom stereocenters. The maximum absolute atomic E-state index is 12.2. The third-order valence-electron chi connectivity index (χ3n) is 4.32. The van der Waals surface area contributed by atoms with Gasteiger partial charge in [0.15, 0.2) is 0 Å². The summed E-state index contributed by atoms with van der Waals surface area (Å²) in [6, 6.07) is 8.40. The van der Waals surface area contributed by atoms with Crippen LogP contribution in [0, 0.1) is 12.8 Å². The Morgan fingerprint density at radius 1 is 1.39 bits per heavy atom. The second kappa shape index (κ2) is 8.96. The Labute approximate surface area is 143 Å². The summed E-state index contributed by atoms with van der Waals surface area (Å²) >= 11 is 1.84. The number of hydrogen-bond acceptors (Lipinski definition) is 3. The number of amides is 2. The number of piperidine rings is 1. The van der Waals surface area contributed by atoms with Crippen molar-refractivity contribution in [1.29, 1.82) is 0 Å². The van der Waals surface area contributed by atoms with Gasteiger partial charge in [0.25, 0.3) is 0 Å². The molecule has 0 aromatic heterocycles. The van der Waals surface area contributed by atoms with Crippen LogP contribution in [0.15, 0.2) is 24.3 Å². The van der Waals surface area contributed by atoms with Gasteiger partial charge in [-0.05, 0) is 31.4 Å². The molecule has 0 saturated carbocycles. The van der Waals surface area contributed by atoms with Gasteiger partial charge >= 0.3 is 0 Å². The van der Waals surface area contributed by atoms with Gasteiger partial charge in [0.2, 0.25) is 11.8 Å². The average Bonchev–Trinajstić information content (AvgIpc) is 2.56. The lowest BCUT2D eigenvalue weighted by atomic mass is 9.97. The summed E-state index contributed by atoms with van der Waals surface area (Å²) in [5.41, 5.74) is 2.67. The molecule has 126 valence electrons. The predicted molar refractivity (Wildman–Crippen MR) is 95.3 cm³/mol. The number of thioether (sulfide) groups is 1. The van der Waals surface area contributed by atoms with Crippen LogP contribution in [0.2, 0.25) is 0 Å². The largest absolute Gasteiger partial charge is 0.355 e. The van der Waals surface area contributed by atoms with Crippen LogP contribution in [0.4, 0.5) is 0 Å². The van der Waals surface area contributed by atoms with Crippen LogP contribution in [-0.4, -0.2) is 42.1 Å². The van der Waals surface area contributed by atoms with Gasteiger partial charge in [0, 0.05) is 37.6 Å². The Kier molecular flexibility index (Phi) is 6.96. The number of nitrogens with one attached hydrogen (secondary N) is 1. The fourth-order valence-corrected chi connectivity index (χ4v) is 3.71. The van der Waals surface area contributed by atoms with Crippen LogP contribution < -0.4 is 5.32 Å². The summed E-state index contributed by atoms with van der Waals surface area (Å²) in [5, 5.41) is 3.02. The first-order chi connectivity index (χ1) is 11.1. The lowest BCUT2D eigenvalue weighted by molar-refractivity contribution is -0.138. The van der Waals surface area contributed by atoms with Crippen molar-refractivity contribution in [1.82, 2.24) is 10.2 Å². The molecule has 23 heavy (non-hydrogen) atoms. The van der Waals surface area contributed by atoms with E-state index in [1.54, 1.807) is 4.90 Å². The molecule has 1 fully saturated rings. The van der Waals surface area contributed by atoms with Crippen LogP contribution >= 0.6 is 11.8 Å². The molecule has 1 atom stereocenters. The van der Waals surface area contributed by atoms with Gasteiger partial charge in [-0.2, -0.15) is 11.8 Å². The van der Waals surface area contributed by atoms with Crippen molar-refractivity contribution in [2.45, 2.75) is 32.4 Å². The minimum absolute atomic E-state index is 0.0472. The molecule has 0 radical (unpaired) electrons. The van der Waals surface area contributed by atoms with E-state index in [4.69, 9.17) is 0 Å². The van der Waals surface area contributed by atoms with Crippen molar-refractivity contribution in [3.05, 3.63) is 35.4 Å². The highest BCUT2D eigenvalue weighted by atomic mass is 32.2. The zero-order valence-electron chi connectivity index (χ0n) is 14.0. The molecule has 1 heterocycles. The SMILES string of the molecule is CCN1C[C@@H](C(=O)NCCSCc2ccccc2C)CCC1=O. The van der Waals surface area contributed by atoms with Gasteiger partial charge < -0.3 is 10.2 Å². The number of aryl methyl sites for hydroxylation is 1. The van der Waals surface area contributed by atoms with Crippen LogP contribution in [0.1, 0.15) is 30.9 Å². The number of hydrogen-bond donors (Lipinski definition) is 1. The van der Waals surface area contributed by atoms with Crippen molar-refractivity contribution in [2.75, 3.05) is 25.4 Å². The van der Waals surface area contributed by atoms with Gasteiger partial charge in [0.05, 0.1) is 5.92 Å². The van der Waals surface area contributed by atoms with Crippen molar-refractivity contribution in [3.63, 3.8) is 0 Å². The van der Waals surface area contributed by atoms with Crippen molar-refractivity contribution in [2.24, 2.45) is 5.92 Å². The van der Waals surface area contributed by atoms with Crippen LogP contribution in [-0.2, 0) is 15.3 Å². The molecule has 1 aliphatic rings. The quantitative estimate of drug-likeness (QED) is 0.780. The van der Waals surface area contributed by atoms with Gasteiger partial charge in [-0.1, -0.05) is 24.3 Å². The molecular weight excluding hydrogens is 308 g/mol. The standard InChI is InChI=1S/C18H26N2O2S/c1-3-20-12-15(8-9-17(20)21)18(22)19-10-11-23-13-16-7-5-4-6-14(16)2/h4-7,15H,3,8-13H2,1-2H3,(H,19,22)/t15-/m0/s1. The molecule has 1 aromatic carbocycles. The van der Waals surface area contributed by atoms with E-state index in [1.165, 1.54) is 11.1 Å². The number of carbonyl (C=O) groups is 2. The zero-order chi connectivity index (χ0) is 16.7. The van der Waals surface area contributed by atoms with Gasteiger partial charge in [-0.3, -0.25) is 9.59 Å². The van der Waals surface area contributed by atoms with E-state index in [-0.39, 0.29) is 17.7 Å². The Balaban J connectivity index is 1.65. The number of likely N-dealkylation sites (tertiary alicyclic amines) is 1. The predicted octanol–water partition coefficient (Wildman–Crippen LogP) is 2.60.